The van der Waals surface area contributed by atoms with Gasteiger partial charge in [-0.2, -0.15) is 0 Å². The van der Waals surface area contributed by atoms with Crippen LogP contribution in [0, 0.1) is 0 Å². The third-order valence-corrected chi connectivity index (χ3v) is 6.64. The Bertz CT molecular complexity index is 1180. The molecule has 0 saturated carbocycles. The average Bonchev–Trinajstić information content (AvgIpc) is 3.31. The first-order valence-corrected chi connectivity index (χ1v) is 11.8. The van der Waals surface area contributed by atoms with E-state index in [0.29, 0.717) is 64.2 Å². The van der Waals surface area contributed by atoms with Crippen molar-refractivity contribution in [1.82, 2.24) is 30.0 Å². The van der Waals surface area contributed by atoms with Crippen molar-refractivity contribution in [3.8, 4) is 0 Å². The molecule has 1 atom stereocenters. The van der Waals surface area contributed by atoms with E-state index in [9.17, 15) is 14.7 Å². The van der Waals surface area contributed by atoms with Crippen LogP contribution in [0.3, 0.4) is 0 Å². The standard InChI is InChI=1S/C25H28N6O4/c32-23(20-5-7-22-19(15-20)8-13-35-25(22)34)16-29-9-11-30(12-10-29)24(33)14-18-2-1-3-21(6-4-18)31-17-26-27-28-31/h1-2,4-7,15,17,23,32H,3,8-14,16H2. The van der Waals surface area contributed by atoms with Crippen molar-refractivity contribution in [1.29, 1.82) is 0 Å². The number of aliphatic hydroxyl groups excluding tert-OH is 1. The van der Waals surface area contributed by atoms with E-state index in [1.54, 1.807) is 23.1 Å². The van der Waals surface area contributed by atoms with Gasteiger partial charge in [0.25, 0.3) is 0 Å². The Morgan fingerprint density at radius 3 is 2.83 bits per heavy atom. The maximum absolute atomic E-state index is 12.9. The molecule has 0 spiro atoms. The highest BCUT2D eigenvalue weighted by Crippen LogP contribution is 2.23. The number of hydrogen-bond acceptors (Lipinski definition) is 8. The Balaban J connectivity index is 1.12. The molecule has 2 aliphatic heterocycles. The Hall–Kier alpha value is -3.63. The fourth-order valence-electron chi connectivity index (χ4n) is 4.61. The molecule has 5 rings (SSSR count). The lowest BCUT2D eigenvalue weighted by molar-refractivity contribution is -0.132. The van der Waals surface area contributed by atoms with Crippen LogP contribution in [-0.4, -0.2) is 86.3 Å². The van der Waals surface area contributed by atoms with Crippen LogP contribution in [0.2, 0.25) is 0 Å². The van der Waals surface area contributed by atoms with Crippen molar-refractivity contribution >= 4 is 17.6 Å². The number of aliphatic hydroxyl groups is 1. The van der Waals surface area contributed by atoms with Gasteiger partial charge in [-0.3, -0.25) is 9.69 Å². The molecule has 2 aromatic rings. The largest absolute Gasteiger partial charge is 0.462 e. The Morgan fingerprint density at radius 1 is 1.17 bits per heavy atom. The number of hydrogen-bond donors (Lipinski definition) is 1. The number of β-amino-alcohol motifs (C(OH)–C–C–N with tert-alkyl or cyclic N) is 1. The van der Waals surface area contributed by atoms with E-state index in [-0.39, 0.29) is 11.9 Å². The lowest BCUT2D eigenvalue weighted by Gasteiger charge is -2.36. The summed E-state index contributed by atoms with van der Waals surface area (Å²) in [4.78, 5) is 28.8. The van der Waals surface area contributed by atoms with Crippen LogP contribution >= 0.6 is 0 Å². The molecule has 1 aromatic heterocycles. The molecule has 35 heavy (non-hydrogen) atoms. The molecule has 3 aliphatic rings. The van der Waals surface area contributed by atoms with Gasteiger partial charge >= 0.3 is 5.97 Å². The number of aromatic nitrogens is 4. The van der Waals surface area contributed by atoms with Gasteiger partial charge in [0.1, 0.15) is 6.33 Å². The van der Waals surface area contributed by atoms with Gasteiger partial charge in [-0.1, -0.05) is 30.4 Å². The molecule has 0 radical (unpaired) electrons. The normalized spacial score (nSPS) is 19.3. The molecule has 10 heteroatoms. The number of ether oxygens (including phenoxy) is 1. The first-order chi connectivity index (χ1) is 17.1. The van der Waals surface area contributed by atoms with Crippen LogP contribution < -0.4 is 0 Å². The van der Waals surface area contributed by atoms with E-state index in [1.165, 1.54) is 0 Å². The lowest BCUT2D eigenvalue weighted by atomic mass is 9.97. The van der Waals surface area contributed by atoms with Gasteiger partial charge in [-0.25, -0.2) is 9.48 Å². The Kier molecular flexibility index (Phi) is 6.82. The lowest BCUT2D eigenvalue weighted by Crippen LogP contribution is -2.49. The summed E-state index contributed by atoms with van der Waals surface area (Å²) in [5, 5.41) is 22.0. The van der Waals surface area contributed by atoms with Gasteiger partial charge in [-0.05, 0) is 39.3 Å². The monoisotopic (exact) mass is 476 g/mol. The maximum Gasteiger partial charge on any atom is 0.338 e. The third kappa shape index (κ3) is 5.39. The molecule has 3 heterocycles. The number of fused-ring (bicyclic) bond motifs is 1. The summed E-state index contributed by atoms with van der Waals surface area (Å²) in [6.07, 6.45) is 10.5. The zero-order valence-corrected chi connectivity index (χ0v) is 19.4. The molecule has 10 nitrogen and oxygen atoms in total. The highest BCUT2D eigenvalue weighted by molar-refractivity contribution is 5.92. The van der Waals surface area contributed by atoms with Crippen molar-refractivity contribution in [2.45, 2.75) is 25.4 Å². The number of piperazine rings is 1. The number of esters is 1. The molecule has 1 aromatic carbocycles. The summed E-state index contributed by atoms with van der Waals surface area (Å²) in [6.45, 7) is 3.54. The average molecular weight is 477 g/mol. The summed E-state index contributed by atoms with van der Waals surface area (Å²) in [7, 11) is 0. The Labute approximate surface area is 203 Å². The summed E-state index contributed by atoms with van der Waals surface area (Å²) in [5.41, 5.74) is 4.21. The minimum absolute atomic E-state index is 0.0990. The van der Waals surface area contributed by atoms with Crippen LogP contribution in [0.1, 0.15) is 40.4 Å². The zero-order valence-electron chi connectivity index (χ0n) is 19.4. The van der Waals surface area contributed by atoms with Crippen molar-refractivity contribution in [2.75, 3.05) is 39.3 Å². The maximum atomic E-state index is 12.9. The number of tetrazole rings is 1. The fourth-order valence-corrected chi connectivity index (χ4v) is 4.61. The molecule has 1 saturated heterocycles. The summed E-state index contributed by atoms with van der Waals surface area (Å²) in [5.74, 6) is -0.200. The Morgan fingerprint density at radius 2 is 2.03 bits per heavy atom. The van der Waals surface area contributed by atoms with Gasteiger partial charge in [0.15, 0.2) is 0 Å². The molecule has 1 unspecified atom stereocenters. The molecular formula is C25H28N6O4. The molecule has 182 valence electrons. The summed E-state index contributed by atoms with van der Waals surface area (Å²) < 4.78 is 6.69. The van der Waals surface area contributed by atoms with Gasteiger partial charge in [0, 0.05) is 51.3 Å². The molecule has 1 amide bonds. The van der Waals surface area contributed by atoms with E-state index >= 15 is 0 Å². The van der Waals surface area contributed by atoms with Crippen LogP contribution in [0.15, 0.2) is 54.4 Å². The van der Waals surface area contributed by atoms with Gasteiger partial charge in [0.2, 0.25) is 5.91 Å². The van der Waals surface area contributed by atoms with Crippen molar-refractivity contribution < 1.29 is 19.4 Å². The van der Waals surface area contributed by atoms with Crippen LogP contribution in [0.25, 0.3) is 5.70 Å². The number of carbonyl (C=O) groups excluding carboxylic acids is 2. The number of rotatable bonds is 6. The first kappa shape index (κ1) is 23.1. The van der Waals surface area contributed by atoms with Crippen molar-refractivity contribution in [3.63, 3.8) is 0 Å². The van der Waals surface area contributed by atoms with Crippen molar-refractivity contribution in [2.24, 2.45) is 0 Å². The topological polar surface area (TPSA) is 114 Å². The second-order valence-corrected chi connectivity index (χ2v) is 8.94. The number of carbonyl (C=O) groups is 2. The number of benzene rings is 1. The quantitative estimate of drug-likeness (QED) is 0.622. The van der Waals surface area contributed by atoms with E-state index in [1.807, 2.05) is 35.3 Å². The fraction of sp³-hybridized carbons (Fsp3) is 0.400. The molecule has 1 aliphatic carbocycles. The third-order valence-electron chi connectivity index (χ3n) is 6.64. The predicted molar refractivity (Wildman–Crippen MR) is 127 cm³/mol. The smallest absolute Gasteiger partial charge is 0.338 e. The van der Waals surface area contributed by atoms with Gasteiger partial charge < -0.3 is 14.7 Å². The minimum Gasteiger partial charge on any atom is -0.462 e. The van der Waals surface area contributed by atoms with E-state index in [4.69, 9.17) is 4.74 Å². The van der Waals surface area contributed by atoms with Gasteiger partial charge in [-0.15, -0.1) is 5.10 Å². The zero-order chi connectivity index (χ0) is 24.2. The number of allylic oxidation sites excluding steroid dienone is 5. The molecule has 0 bridgehead atoms. The van der Waals surface area contributed by atoms with Crippen molar-refractivity contribution in [3.05, 3.63) is 71.1 Å². The van der Waals surface area contributed by atoms with E-state index in [0.717, 1.165) is 22.4 Å². The summed E-state index contributed by atoms with van der Waals surface area (Å²) >= 11 is 0. The molecule has 1 fully saturated rings. The van der Waals surface area contributed by atoms with E-state index < -0.39 is 6.10 Å². The van der Waals surface area contributed by atoms with Gasteiger partial charge in [0.05, 0.1) is 24.7 Å². The predicted octanol–water partition coefficient (Wildman–Crippen LogP) is 1.38. The minimum atomic E-state index is -0.650. The number of amides is 1. The number of nitrogens with zero attached hydrogens (tertiary/aromatic N) is 6. The van der Waals surface area contributed by atoms with Crippen LogP contribution in [0.5, 0.6) is 0 Å². The molecule has 1 N–H and O–H groups in total. The molecular weight excluding hydrogens is 448 g/mol. The van der Waals surface area contributed by atoms with Crippen LogP contribution in [-0.2, 0) is 16.0 Å². The second-order valence-electron chi connectivity index (χ2n) is 8.94. The van der Waals surface area contributed by atoms with Crippen LogP contribution in [0.4, 0.5) is 0 Å². The van der Waals surface area contributed by atoms with E-state index in [2.05, 4.69) is 20.4 Å². The summed E-state index contributed by atoms with van der Waals surface area (Å²) in [6, 6.07) is 5.44. The first-order valence-electron chi connectivity index (χ1n) is 11.8. The highest BCUT2D eigenvalue weighted by Gasteiger charge is 2.25. The SMILES string of the molecule is O=C1OCCc2cc(C(O)CN3CCN(C(=O)CC4=CC=C(n5cnnn5)CC=C4)CC3)ccc21. The highest BCUT2D eigenvalue weighted by atomic mass is 16.5. The number of cyclic esters (lactones) is 1. The second kappa shape index (κ2) is 10.3.